The summed E-state index contributed by atoms with van der Waals surface area (Å²) in [7, 11) is -3.94. The molecular weight excluding hydrogens is 476 g/mol. The zero-order valence-electron chi connectivity index (χ0n) is 19.7. The summed E-state index contributed by atoms with van der Waals surface area (Å²) in [6.07, 6.45) is 2.52. The van der Waals surface area contributed by atoms with Crippen LogP contribution in [0, 0.1) is 0 Å². The molecule has 0 atom stereocenters. The van der Waals surface area contributed by atoms with E-state index in [9.17, 15) is 13.2 Å². The zero-order chi connectivity index (χ0) is 25.4. The molecular formula is C27H28N4O4S. The van der Waals surface area contributed by atoms with Gasteiger partial charge in [-0.2, -0.15) is 5.10 Å². The molecule has 3 aromatic carbocycles. The first-order chi connectivity index (χ1) is 17.5. The molecule has 8 nitrogen and oxygen atoms in total. The molecule has 186 valence electrons. The molecule has 0 saturated carbocycles. The fourth-order valence-corrected chi connectivity index (χ4v) is 5.25. The molecule has 9 heteroatoms. The van der Waals surface area contributed by atoms with Gasteiger partial charge in [-0.25, -0.2) is 22.2 Å². The summed E-state index contributed by atoms with van der Waals surface area (Å²) in [4.78, 5) is 12.4. The number of nitrogens with zero attached hydrogens (tertiary/aromatic N) is 3. The number of carbonyl (C=O) groups excluding carboxylic acids is 1. The Morgan fingerprint density at radius 3 is 2.25 bits per heavy atom. The van der Waals surface area contributed by atoms with Gasteiger partial charge in [0.1, 0.15) is 5.82 Å². The van der Waals surface area contributed by atoms with Crippen molar-refractivity contribution in [3.05, 3.63) is 108 Å². The van der Waals surface area contributed by atoms with E-state index in [2.05, 4.69) is 5.10 Å². The zero-order valence-corrected chi connectivity index (χ0v) is 20.5. The first kappa shape index (κ1) is 25.2. The van der Waals surface area contributed by atoms with E-state index in [-0.39, 0.29) is 18.0 Å². The predicted octanol–water partition coefficient (Wildman–Crippen LogP) is 3.82. The van der Waals surface area contributed by atoms with Crippen LogP contribution in [0.15, 0.2) is 102 Å². The summed E-state index contributed by atoms with van der Waals surface area (Å²) < 4.78 is 35.8. The van der Waals surface area contributed by atoms with Crippen LogP contribution in [0.3, 0.4) is 0 Å². The molecule has 4 rings (SSSR count). The molecule has 0 aliphatic carbocycles. The number of rotatable bonds is 11. The molecule has 0 radical (unpaired) electrons. The molecule has 0 aliphatic rings. The molecule has 1 aromatic heterocycles. The Morgan fingerprint density at radius 1 is 0.917 bits per heavy atom. The van der Waals surface area contributed by atoms with Gasteiger partial charge in [0.2, 0.25) is 0 Å². The summed E-state index contributed by atoms with van der Waals surface area (Å²) in [5.41, 5.74) is 7.76. The van der Waals surface area contributed by atoms with Crippen LogP contribution in [0.2, 0.25) is 0 Å². The molecule has 0 unspecified atom stereocenters. The topological polar surface area (TPSA) is 108 Å². The number of aromatic nitrogens is 2. The van der Waals surface area contributed by atoms with Crippen molar-refractivity contribution < 1.29 is 17.9 Å². The molecule has 0 amide bonds. The Balaban J connectivity index is 1.58. The molecule has 36 heavy (non-hydrogen) atoms. The quantitative estimate of drug-likeness (QED) is 0.246. The van der Waals surface area contributed by atoms with Crippen molar-refractivity contribution in [2.75, 3.05) is 24.0 Å². The molecule has 1 heterocycles. The van der Waals surface area contributed by atoms with Crippen LogP contribution < -0.4 is 10.0 Å². The van der Waals surface area contributed by atoms with Gasteiger partial charge in [-0.1, -0.05) is 48.5 Å². The smallest absolute Gasteiger partial charge is 0.338 e. The van der Waals surface area contributed by atoms with Crippen molar-refractivity contribution in [1.29, 1.82) is 0 Å². The van der Waals surface area contributed by atoms with Crippen LogP contribution in [-0.4, -0.2) is 43.9 Å². The van der Waals surface area contributed by atoms with Gasteiger partial charge in [-0.3, -0.25) is 0 Å². The molecule has 0 saturated heterocycles. The van der Waals surface area contributed by atoms with Gasteiger partial charge in [0.15, 0.2) is 0 Å². The van der Waals surface area contributed by atoms with E-state index in [0.29, 0.717) is 30.8 Å². The second-order valence-corrected chi connectivity index (χ2v) is 9.91. The lowest BCUT2D eigenvalue weighted by molar-refractivity contribution is 0.0503. The summed E-state index contributed by atoms with van der Waals surface area (Å²) in [6, 6.07) is 26.4. The van der Waals surface area contributed by atoms with E-state index >= 15 is 0 Å². The maximum atomic E-state index is 13.8. The number of nitrogens with two attached hydrogens (primary N) is 1. The van der Waals surface area contributed by atoms with E-state index in [0.717, 1.165) is 11.3 Å². The highest BCUT2D eigenvalue weighted by atomic mass is 32.2. The van der Waals surface area contributed by atoms with Crippen LogP contribution in [0.25, 0.3) is 5.69 Å². The van der Waals surface area contributed by atoms with Crippen molar-refractivity contribution >= 4 is 21.8 Å². The predicted molar refractivity (Wildman–Crippen MR) is 139 cm³/mol. The Hall–Kier alpha value is -3.95. The monoisotopic (exact) mass is 504 g/mol. The Kier molecular flexibility index (Phi) is 8.14. The maximum Gasteiger partial charge on any atom is 0.338 e. The minimum absolute atomic E-state index is 0.0641. The van der Waals surface area contributed by atoms with Crippen molar-refractivity contribution in [1.82, 2.24) is 9.78 Å². The van der Waals surface area contributed by atoms with Gasteiger partial charge >= 0.3 is 5.97 Å². The lowest BCUT2D eigenvalue weighted by Crippen LogP contribution is -2.34. The minimum atomic E-state index is -3.94. The molecule has 0 spiro atoms. The third-order valence-corrected chi connectivity index (χ3v) is 7.39. The molecule has 4 aromatic rings. The van der Waals surface area contributed by atoms with E-state index in [1.165, 1.54) is 4.31 Å². The van der Waals surface area contributed by atoms with E-state index < -0.39 is 16.0 Å². The second kappa shape index (κ2) is 11.7. The highest BCUT2D eigenvalue weighted by molar-refractivity contribution is 7.92. The van der Waals surface area contributed by atoms with Crippen LogP contribution in [0.5, 0.6) is 0 Å². The number of hydrogen-bond donors (Lipinski definition) is 1. The average molecular weight is 505 g/mol. The number of sulfonamides is 1. The van der Waals surface area contributed by atoms with Gasteiger partial charge in [0, 0.05) is 19.0 Å². The Bertz CT molecular complexity index is 1370. The number of esters is 1. The molecule has 0 aliphatic heterocycles. The van der Waals surface area contributed by atoms with Gasteiger partial charge in [-0.05, 0) is 54.9 Å². The Labute approximate surface area is 211 Å². The Morgan fingerprint density at radius 2 is 1.58 bits per heavy atom. The molecule has 0 fully saturated rings. The standard InChI is InChI=1S/C27H28N4O4S/c28-18-16-22-12-14-25(15-13-22)36(33,34)30(20-7-21-35-27(32)23-8-3-1-4-9-23)26-17-19-29-31(26)24-10-5-2-6-11-24/h1-6,8-15,17,19H,7,16,18,20-21,28H2. The highest BCUT2D eigenvalue weighted by Crippen LogP contribution is 2.26. The van der Waals surface area contributed by atoms with E-state index in [1.807, 2.05) is 36.4 Å². The van der Waals surface area contributed by atoms with Crippen LogP contribution in [0.4, 0.5) is 5.82 Å². The van der Waals surface area contributed by atoms with Crippen LogP contribution in [0.1, 0.15) is 22.3 Å². The third kappa shape index (κ3) is 5.81. The van der Waals surface area contributed by atoms with Crippen molar-refractivity contribution in [3.63, 3.8) is 0 Å². The van der Waals surface area contributed by atoms with E-state index in [4.69, 9.17) is 10.5 Å². The second-order valence-electron chi connectivity index (χ2n) is 8.05. The molecule has 2 N–H and O–H groups in total. The molecule has 0 bridgehead atoms. The van der Waals surface area contributed by atoms with Crippen molar-refractivity contribution in [2.45, 2.75) is 17.7 Å². The summed E-state index contributed by atoms with van der Waals surface area (Å²) in [5, 5.41) is 4.36. The average Bonchev–Trinajstić information content (AvgIpc) is 3.39. The minimum Gasteiger partial charge on any atom is -0.462 e. The highest BCUT2D eigenvalue weighted by Gasteiger charge is 2.28. The maximum absolute atomic E-state index is 13.8. The van der Waals surface area contributed by atoms with Gasteiger partial charge < -0.3 is 10.5 Å². The lowest BCUT2D eigenvalue weighted by atomic mass is 10.2. The lowest BCUT2D eigenvalue weighted by Gasteiger charge is -2.25. The van der Waals surface area contributed by atoms with E-state index in [1.54, 1.807) is 65.5 Å². The number of hydrogen-bond acceptors (Lipinski definition) is 6. The summed E-state index contributed by atoms with van der Waals surface area (Å²) >= 11 is 0. The van der Waals surface area contributed by atoms with Crippen LogP contribution >= 0.6 is 0 Å². The normalized spacial score (nSPS) is 11.2. The SMILES string of the molecule is NCCc1ccc(S(=O)(=O)N(CCCOC(=O)c2ccccc2)c2ccnn2-c2ccccc2)cc1. The summed E-state index contributed by atoms with van der Waals surface area (Å²) in [6.45, 7) is 0.637. The number of ether oxygens (including phenoxy) is 1. The van der Waals surface area contributed by atoms with Gasteiger partial charge in [0.25, 0.3) is 10.0 Å². The fourth-order valence-electron chi connectivity index (χ4n) is 3.76. The third-order valence-electron chi connectivity index (χ3n) is 5.57. The first-order valence-electron chi connectivity index (χ1n) is 11.6. The number of benzene rings is 3. The van der Waals surface area contributed by atoms with Crippen molar-refractivity contribution in [3.8, 4) is 5.69 Å². The summed E-state index contributed by atoms with van der Waals surface area (Å²) in [5.74, 6) is -0.0588. The largest absolute Gasteiger partial charge is 0.462 e. The first-order valence-corrected chi connectivity index (χ1v) is 13.1. The van der Waals surface area contributed by atoms with Crippen LogP contribution in [-0.2, 0) is 21.2 Å². The van der Waals surface area contributed by atoms with Gasteiger partial charge in [0.05, 0.1) is 29.0 Å². The number of carbonyl (C=O) groups is 1. The van der Waals surface area contributed by atoms with Gasteiger partial charge in [-0.15, -0.1) is 0 Å². The number of para-hydroxylation sites is 1. The van der Waals surface area contributed by atoms with Crippen molar-refractivity contribution in [2.24, 2.45) is 5.73 Å². The number of anilines is 1. The fraction of sp³-hybridized carbons (Fsp3) is 0.185.